The third kappa shape index (κ3) is 3.53. The minimum Gasteiger partial charge on any atom is -0.371 e. The summed E-state index contributed by atoms with van der Waals surface area (Å²) in [5.41, 5.74) is 2.11. The first kappa shape index (κ1) is 16.5. The summed E-state index contributed by atoms with van der Waals surface area (Å²) >= 11 is 1.78. The zero-order chi connectivity index (χ0) is 17.2. The molecule has 25 heavy (non-hydrogen) atoms. The number of hydrogen-bond acceptors (Lipinski definition) is 3. The van der Waals surface area contributed by atoms with Gasteiger partial charge in [0.2, 0.25) is 0 Å². The lowest BCUT2D eigenvalue weighted by atomic mass is 10.1. The Morgan fingerprint density at radius 3 is 2.88 bits per heavy atom. The van der Waals surface area contributed by atoms with E-state index in [9.17, 15) is 8.78 Å². The van der Waals surface area contributed by atoms with Gasteiger partial charge in [0.15, 0.2) is 11.6 Å². The van der Waals surface area contributed by atoms with E-state index in [1.54, 1.807) is 17.4 Å². The van der Waals surface area contributed by atoms with Crippen molar-refractivity contribution in [3.8, 4) is 0 Å². The largest absolute Gasteiger partial charge is 0.371 e. The monoisotopic (exact) mass is 358 g/mol. The van der Waals surface area contributed by atoms with Crippen LogP contribution in [0.25, 0.3) is 10.1 Å². The molecule has 0 unspecified atom stereocenters. The average molecular weight is 358 g/mol. The van der Waals surface area contributed by atoms with E-state index in [1.165, 1.54) is 27.8 Å². The van der Waals surface area contributed by atoms with Gasteiger partial charge in [0.05, 0.1) is 0 Å². The molecular formula is C20H20F2N2S. The van der Waals surface area contributed by atoms with Crippen LogP contribution in [-0.4, -0.2) is 19.6 Å². The van der Waals surface area contributed by atoms with E-state index in [-0.39, 0.29) is 0 Å². The summed E-state index contributed by atoms with van der Waals surface area (Å²) in [4.78, 5) is 2.13. The lowest BCUT2D eigenvalue weighted by Crippen LogP contribution is -2.26. The molecule has 0 radical (unpaired) electrons. The molecule has 0 amide bonds. The van der Waals surface area contributed by atoms with Crippen molar-refractivity contribution >= 4 is 27.1 Å². The Bertz CT molecular complexity index is 877. The maximum atomic E-state index is 13.4. The molecule has 1 aliphatic heterocycles. The number of nitrogens with zero attached hydrogens (tertiary/aromatic N) is 1. The highest BCUT2D eigenvalue weighted by Crippen LogP contribution is 2.27. The third-order valence-electron chi connectivity index (χ3n) is 4.86. The molecule has 1 aliphatic rings. The van der Waals surface area contributed by atoms with Gasteiger partial charge in [0.1, 0.15) is 0 Å². The van der Waals surface area contributed by atoms with Crippen LogP contribution < -0.4 is 10.2 Å². The summed E-state index contributed by atoms with van der Waals surface area (Å²) in [6.45, 7) is 3.57. The summed E-state index contributed by atoms with van der Waals surface area (Å²) in [6.07, 6.45) is 1.07. The van der Waals surface area contributed by atoms with Crippen LogP contribution in [0.15, 0.2) is 47.8 Å². The highest BCUT2D eigenvalue weighted by molar-refractivity contribution is 7.17. The van der Waals surface area contributed by atoms with E-state index in [4.69, 9.17) is 0 Å². The van der Waals surface area contributed by atoms with E-state index in [0.29, 0.717) is 5.92 Å². The number of nitrogens with one attached hydrogen (secondary N) is 1. The van der Waals surface area contributed by atoms with E-state index >= 15 is 0 Å². The molecule has 1 saturated heterocycles. The number of thiophene rings is 1. The molecule has 1 atom stereocenters. The first-order chi connectivity index (χ1) is 12.2. The van der Waals surface area contributed by atoms with Gasteiger partial charge >= 0.3 is 0 Å². The molecule has 0 spiro atoms. The van der Waals surface area contributed by atoms with Crippen molar-refractivity contribution in [3.63, 3.8) is 0 Å². The Morgan fingerprint density at radius 1 is 1.12 bits per heavy atom. The average Bonchev–Trinajstić information content (AvgIpc) is 3.25. The van der Waals surface area contributed by atoms with Crippen molar-refractivity contribution in [1.29, 1.82) is 0 Å². The Hall–Kier alpha value is -1.98. The quantitative estimate of drug-likeness (QED) is 0.705. The van der Waals surface area contributed by atoms with Gasteiger partial charge in [-0.25, -0.2) is 8.78 Å². The summed E-state index contributed by atoms with van der Waals surface area (Å²) in [5, 5.41) is 7.11. The lowest BCUT2D eigenvalue weighted by Gasteiger charge is -2.19. The molecule has 0 bridgehead atoms. The molecule has 0 saturated carbocycles. The second-order valence-electron chi connectivity index (χ2n) is 6.59. The minimum atomic E-state index is -0.788. The Labute approximate surface area is 150 Å². The van der Waals surface area contributed by atoms with Crippen LogP contribution in [0.3, 0.4) is 0 Å². The van der Waals surface area contributed by atoms with Gasteiger partial charge in [-0.05, 0) is 46.9 Å². The van der Waals surface area contributed by atoms with Crippen LogP contribution >= 0.6 is 11.3 Å². The fourth-order valence-electron chi connectivity index (χ4n) is 3.50. The van der Waals surface area contributed by atoms with Crippen molar-refractivity contribution in [2.45, 2.75) is 13.0 Å². The number of halogens is 2. The summed E-state index contributed by atoms with van der Waals surface area (Å²) < 4.78 is 27.8. The number of benzene rings is 2. The summed E-state index contributed by atoms with van der Waals surface area (Å²) in [7, 11) is 0. The molecule has 1 aromatic heterocycles. The molecule has 2 aromatic carbocycles. The van der Waals surface area contributed by atoms with E-state index < -0.39 is 11.6 Å². The van der Waals surface area contributed by atoms with Crippen molar-refractivity contribution < 1.29 is 8.78 Å². The topological polar surface area (TPSA) is 15.3 Å². The molecule has 130 valence electrons. The van der Waals surface area contributed by atoms with Crippen LogP contribution in [0.4, 0.5) is 14.5 Å². The molecule has 2 heterocycles. The SMILES string of the molecule is Fc1ccc(N2CC[C@H](CNCc3csc4ccccc34)C2)cc1F. The summed E-state index contributed by atoms with van der Waals surface area (Å²) in [5.74, 6) is -1.04. The van der Waals surface area contributed by atoms with Gasteiger partial charge < -0.3 is 10.2 Å². The maximum absolute atomic E-state index is 13.4. The second-order valence-corrected chi connectivity index (χ2v) is 7.50. The Balaban J connectivity index is 1.31. The maximum Gasteiger partial charge on any atom is 0.160 e. The summed E-state index contributed by atoms with van der Waals surface area (Å²) in [6, 6.07) is 12.6. The molecule has 1 fully saturated rings. The number of fused-ring (bicyclic) bond motifs is 1. The fourth-order valence-corrected chi connectivity index (χ4v) is 4.46. The standard InChI is InChI=1S/C20H20F2N2S/c21-18-6-5-16(9-19(18)22)24-8-7-14(12-24)10-23-11-15-13-25-20-4-2-1-3-17(15)20/h1-6,9,13-14,23H,7-8,10-12H2/t14-/m1/s1. The Morgan fingerprint density at radius 2 is 2.00 bits per heavy atom. The van der Waals surface area contributed by atoms with Crippen molar-refractivity contribution in [3.05, 3.63) is 65.0 Å². The lowest BCUT2D eigenvalue weighted by molar-refractivity contribution is 0.507. The third-order valence-corrected chi connectivity index (χ3v) is 5.88. The van der Waals surface area contributed by atoms with Crippen LogP contribution in [0.1, 0.15) is 12.0 Å². The molecular weight excluding hydrogens is 338 g/mol. The van der Waals surface area contributed by atoms with Gasteiger partial charge in [-0.2, -0.15) is 0 Å². The fraction of sp³-hybridized carbons (Fsp3) is 0.300. The van der Waals surface area contributed by atoms with E-state index in [0.717, 1.165) is 38.3 Å². The molecule has 2 nitrogen and oxygen atoms in total. The molecule has 1 N–H and O–H groups in total. The number of rotatable bonds is 5. The van der Waals surface area contributed by atoms with Crippen molar-refractivity contribution in [2.75, 3.05) is 24.5 Å². The minimum absolute atomic E-state index is 0.526. The normalized spacial score (nSPS) is 17.5. The second kappa shape index (κ2) is 7.10. The van der Waals surface area contributed by atoms with Gasteiger partial charge in [0, 0.05) is 42.6 Å². The molecule has 4 rings (SSSR count). The number of anilines is 1. The zero-order valence-electron chi connectivity index (χ0n) is 13.8. The predicted octanol–water partition coefficient (Wildman–Crippen LogP) is 4.80. The van der Waals surface area contributed by atoms with Crippen LogP contribution in [0, 0.1) is 17.6 Å². The van der Waals surface area contributed by atoms with Crippen molar-refractivity contribution in [2.24, 2.45) is 5.92 Å². The predicted molar refractivity (Wildman–Crippen MR) is 100 cm³/mol. The van der Waals surface area contributed by atoms with Crippen LogP contribution in [-0.2, 0) is 6.54 Å². The molecule has 3 aromatic rings. The van der Waals surface area contributed by atoms with Crippen LogP contribution in [0.5, 0.6) is 0 Å². The van der Waals surface area contributed by atoms with Crippen LogP contribution in [0.2, 0.25) is 0 Å². The Kier molecular flexibility index (Phi) is 4.68. The van der Waals surface area contributed by atoms with Crippen molar-refractivity contribution in [1.82, 2.24) is 5.32 Å². The first-order valence-electron chi connectivity index (χ1n) is 8.56. The van der Waals surface area contributed by atoms with E-state index in [2.05, 4.69) is 39.9 Å². The molecule has 0 aliphatic carbocycles. The number of hydrogen-bond donors (Lipinski definition) is 1. The zero-order valence-corrected chi connectivity index (χ0v) is 14.7. The van der Waals surface area contributed by atoms with Gasteiger partial charge in [-0.3, -0.25) is 0 Å². The smallest absolute Gasteiger partial charge is 0.160 e. The van der Waals surface area contributed by atoms with Gasteiger partial charge in [-0.15, -0.1) is 11.3 Å². The first-order valence-corrected chi connectivity index (χ1v) is 9.44. The van der Waals surface area contributed by atoms with E-state index in [1.807, 2.05) is 0 Å². The van der Waals surface area contributed by atoms with Gasteiger partial charge in [0.25, 0.3) is 0 Å². The molecule has 5 heteroatoms. The highest BCUT2D eigenvalue weighted by atomic mass is 32.1. The highest BCUT2D eigenvalue weighted by Gasteiger charge is 2.23. The van der Waals surface area contributed by atoms with Gasteiger partial charge in [-0.1, -0.05) is 18.2 Å².